The van der Waals surface area contributed by atoms with Crippen molar-refractivity contribution in [1.29, 1.82) is 0 Å². The lowest BCUT2D eigenvalue weighted by molar-refractivity contribution is 0.210. The summed E-state index contributed by atoms with van der Waals surface area (Å²) in [6.45, 7) is 4.25. The van der Waals surface area contributed by atoms with E-state index >= 15 is 0 Å². The molecule has 0 atom stereocenters. The molecule has 4 nitrogen and oxygen atoms in total. The molecule has 0 radical (unpaired) electrons. The van der Waals surface area contributed by atoms with Crippen LogP contribution in [0.25, 0.3) is 10.9 Å². The molecule has 0 unspecified atom stereocenters. The highest BCUT2D eigenvalue weighted by Gasteiger charge is 2.17. The Labute approximate surface area is 132 Å². The van der Waals surface area contributed by atoms with Gasteiger partial charge in [0.05, 0.1) is 17.3 Å². The number of unbranched alkanes of at least 4 members (excludes halogenated alkanes) is 1. The van der Waals surface area contributed by atoms with E-state index < -0.39 is 0 Å². The second kappa shape index (κ2) is 7.14. The molecule has 1 aliphatic carbocycles. The summed E-state index contributed by atoms with van der Waals surface area (Å²) in [7, 11) is 2.17. The van der Waals surface area contributed by atoms with Gasteiger partial charge in [-0.25, -0.2) is 0 Å². The summed E-state index contributed by atoms with van der Waals surface area (Å²) >= 11 is 0. The van der Waals surface area contributed by atoms with Crippen LogP contribution < -0.4 is 4.74 Å². The third-order valence-electron chi connectivity index (χ3n) is 4.53. The van der Waals surface area contributed by atoms with Crippen molar-refractivity contribution in [3.05, 3.63) is 23.9 Å². The Morgan fingerprint density at radius 2 is 2.14 bits per heavy atom. The van der Waals surface area contributed by atoms with Gasteiger partial charge in [-0.3, -0.25) is 5.10 Å². The summed E-state index contributed by atoms with van der Waals surface area (Å²) in [6, 6.07) is 6.26. The number of fused-ring (bicyclic) bond motifs is 1. The highest BCUT2D eigenvalue weighted by Crippen LogP contribution is 2.27. The number of rotatable bonds is 7. The monoisotopic (exact) mass is 301 g/mol. The van der Waals surface area contributed by atoms with Crippen LogP contribution in [0.3, 0.4) is 0 Å². The fraction of sp³-hybridized carbons (Fsp3) is 0.611. The van der Waals surface area contributed by atoms with Crippen molar-refractivity contribution in [3.8, 4) is 5.75 Å². The molecule has 0 saturated heterocycles. The average Bonchev–Trinajstić information content (AvgIpc) is 3.16. The van der Waals surface area contributed by atoms with Crippen LogP contribution in [0.15, 0.2) is 18.2 Å². The molecule has 1 aromatic carbocycles. The highest BCUT2D eigenvalue weighted by atomic mass is 16.5. The Morgan fingerprint density at radius 3 is 2.91 bits per heavy atom. The van der Waals surface area contributed by atoms with Gasteiger partial charge in [-0.2, -0.15) is 5.10 Å². The molecule has 2 aromatic rings. The molecule has 1 heterocycles. The van der Waals surface area contributed by atoms with E-state index in [0.717, 1.165) is 24.4 Å². The fourth-order valence-electron chi connectivity index (χ4n) is 3.21. The second-order valence-electron chi connectivity index (χ2n) is 6.50. The minimum absolute atomic E-state index is 0.403. The van der Waals surface area contributed by atoms with Crippen molar-refractivity contribution in [2.45, 2.75) is 58.1 Å². The van der Waals surface area contributed by atoms with E-state index in [-0.39, 0.29) is 0 Å². The van der Waals surface area contributed by atoms with Gasteiger partial charge in [0.2, 0.25) is 0 Å². The predicted octanol–water partition coefficient (Wildman–Crippen LogP) is 4.12. The standard InChI is InChI=1S/C18H27N3O/c1-3-4-11-21(2)13-18-16-12-15(9-10-17(16)19-20-18)22-14-7-5-6-8-14/h9-10,12,14H,3-8,11,13H2,1-2H3,(H,19,20). The zero-order valence-electron chi connectivity index (χ0n) is 13.8. The lowest BCUT2D eigenvalue weighted by atomic mass is 10.2. The van der Waals surface area contributed by atoms with Crippen molar-refractivity contribution < 1.29 is 4.74 Å². The third-order valence-corrected chi connectivity index (χ3v) is 4.53. The van der Waals surface area contributed by atoms with Crippen LogP contribution in [0.2, 0.25) is 0 Å². The lowest BCUT2D eigenvalue weighted by Crippen LogP contribution is -2.19. The number of aromatic amines is 1. The van der Waals surface area contributed by atoms with Crippen molar-refractivity contribution in [3.63, 3.8) is 0 Å². The van der Waals surface area contributed by atoms with E-state index in [1.165, 1.54) is 49.6 Å². The fourth-order valence-corrected chi connectivity index (χ4v) is 3.21. The molecule has 1 aromatic heterocycles. The zero-order valence-corrected chi connectivity index (χ0v) is 13.8. The maximum atomic E-state index is 6.12. The maximum Gasteiger partial charge on any atom is 0.120 e. The van der Waals surface area contributed by atoms with Gasteiger partial charge in [0, 0.05) is 11.9 Å². The van der Waals surface area contributed by atoms with E-state index in [1.807, 2.05) is 6.07 Å². The molecule has 0 aliphatic heterocycles. The average molecular weight is 301 g/mol. The third kappa shape index (κ3) is 3.61. The normalized spacial score (nSPS) is 16.0. The van der Waals surface area contributed by atoms with E-state index in [0.29, 0.717) is 6.10 Å². The highest BCUT2D eigenvalue weighted by molar-refractivity contribution is 5.82. The van der Waals surface area contributed by atoms with E-state index in [4.69, 9.17) is 4.74 Å². The number of hydrogen-bond acceptors (Lipinski definition) is 3. The molecular formula is C18H27N3O. The largest absolute Gasteiger partial charge is 0.490 e. The first-order valence-corrected chi connectivity index (χ1v) is 8.58. The molecule has 1 N–H and O–H groups in total. The SMILES string of the molecule is CCCCN(C)Cc1[nH]nc2ccc(OC3CCCC3)cc12. The molecule has 0 amide bonds. The van der Waals surface area contributed by atoms with Gasteiger partial charge in [-0.1, -0.05) is 13.3 Å². The van der Waals surface area contributed by atoms with Gasteiger partial charge in [0.15, 0.2) is 0 Å². The Kier molecular flexibility index (Phi) is 4.98. The zero-order chi connectivity index (χ0) is 15.4. The first kappa shape index (κ1) is 15.3. The molecular weight excluding hydrogens is 274 g/mol. The summed E-state index contributed by atoms with van der Waals surface area (Å²) < 4.78 is 6.12. The molecule has 0 spiro atoms. The smallest absolute Gasteiger partial charge is 0.120 e. The number of ether oxygens (including phenoxy) is 1. The van der Waals surface area contributed by atoms with Gasteiger partial charge >= 0.3 is 0 Å². The summed E-state index contributed by atoms with van der Waals surface area (Å²) in [5, 5.41) is 8.81. The lowest BCUT2D eigenvalue weighted by Gasteiger charge is -2.15. The Morgan fingerprint density at radius 1 is 1.32 bits per heavy atom. The van der Waals surface area contributed by atoms with E-state index in [1.54, 1.807) is 0 Å². The van der Waals surface area contributed by atoms with Crippen LogP contribution in [-0.2, 0) is 6.54 Å². The quantitative estimate of drug-likeness (QED) is 0.836. The summed E-state index contributed by atoms with van der Waals surface area (Å²) in [5.74, 6) is 0.985. The van der Waals surface area contributed by atoms with Gasteiger partial charge in [0.1, 0.15) is 5.75 Å². The number of aromatic nitrogens is 2. The number of nitrogens with zero attached hydrogens (tertiary/aromatic N) is 2. The number of benzene rings is 1. The second-order valence-corrected chi connectivity index (χ2v) is 6.50. The molecule has 120 valence electrons. The molecule has 3 rings (SSSR count). The number of hydrogen-bond donors (Lipinski definition) is 1. The first-order valence-electron chi connectivity index (χ1n) is 8.58. The van der Waals surface area contributed by atoms with Crippen molar-refractivity contribution in [1.82, 2.24) is 15.1 Å². The van der Waals surface area contributed by atoms with E-state index in [2.05, 4.69) is 41.2 Å². The molecule has 1 aliphatic rings. The predicted molar refractivity (Wildman–Crippen MR) is 90.2 cm³/mol. The van der Waals surface area contributed by atoms with E-state index in [9.17, 15) is 0 Å². The van der Waals surface area contributed by atoms with Gasteiger partial charge in [0.25, 0.3) is 0 Å². The van der Waals surface area contributed by atoms with Crippen molar-refractivity contribution in [2.24, 2.45) is 0 Å². The Bertz CT molecular complexity index is 601. The van der Waals surface area contributed by atoms with Crippen LogP contribution in [0.1, 0.15) is 51.1 Å². The summed E-state index contributed by atoms with van der Waals surface area (Å²) in [4.78, 5) is 2.35. The van der Waals surface area contributed by atoms with Crippen LogP contribution in [-0.4, -0.2) is 34.8 Å². The minimum Gasteiger partial charge on any atom is -0.490 e. The molecule has 22 heavy (non-hydrogen) atoms. The topological polar surface area (TPSA) is 41.2 Å². The van der Waals surface area contributed by atoms with Crippen LogP contribution >= 0.6 is 0 Å². The number of H-pyrrole nitrogens is 1. The van der Waals surface area contributed by atoms with Crippen LogP contribution in [0.5, 0.6) is 5.75 Å². The van der Waals surface area contributed by atoms with Gasteiger partial charge in [-0.05, 0) is 63.9 Å². The Balaban J connectivity index is 1.73. The Hall–Kier alpha value is -1.55. The molecule has 4 heteroatoms. The minimum atomic E-state index is 0.403. The molecule has 1 saturated carbocycles. The van der Waals surface area contributed by atoms with Crippen molar-refractivity contribution >= 4 is 10.9 Å². The summed E-state index contributed by atoms with van der Waals surface area (Å²) in [6.07, 6.45) is 7.84. The van der Waals surface area contributed by atoms with Gasteiger partial charge in [-0.15, -0.1) is 0 Å². The van der Waals surface area contributed by atoms with Crippen molar-refractivity contribution in [2.75, 3.05) is 13.6 Å². The number of nitrogens with one attached hydrogen (secondary N) is 1. The van der Waals surface area contributed by atoms with Crippen LogP contribution in [0, 0.1) is 0 Å². The van der Waals surface area contributed by atoms with Crippen LogP contribution in [0.4, 0.5) is 0 Å². The molecule has 0 bridgehead atoms. The first-order chi connectivity index (χ1) is 10.8. The van der Waals surface area contributed by atoms with Gasteiger partial charge < -0.3 is 9.64 Å². The maximum absolute atomic E-state index is 6.12. The summed E-state index contributed by atoms with van der Waals surface area (Å²) in [5.41, 5.74) is 2.21. The molecule has 1 fully saturated rings.